The second kappa shape index (κ2) is 9.36. The highest BCUT2D eigenvalue weighted by Crippen LogP contribution is 2.55. The Morgan fingerprint density at radius 2 is 2.06 bits per heavy atom. The number of hydrogen-bond donors (Lipinski definition) is 3. The molecule has 1 saturated carbocycles. The molecule has 9 nitrogen and oxygen atoms in total. The van der Waals surface area contributed by atoms with Crippen LogP contribution in [0.2, 0.25) is 0 Å². The van der Waals surface area contributed by atoms with E-state index in [9.17, 15) is 27.5 Å². The van der Waals surface area contributed by atoms with Gasteiger partial charge >= 0.3 is 5.97 Å². The third-order valence-electron chi connectivity index (χ3n) is 7.25. The van der Waals surface area contributed by atoms with Crippen molar-refractivity contribution in [3.05, 3.63) is 52.8 Å². The Morgan fingerprint density at radius 3 is 2.81 bits per heavy atom. The van der Waals surface area contributed by atoms with Crippen LogP contribution in [0.5, 0.6) is 5.75 Å². The Labute approximate surface area is 208 Å². The second-order valence-corrected chi connectivity index (χ2v) is 11.1. The van der Waals surface area contributed by atoms with E-state index in [0.29, 0.717) is 18.9 Å². The van der Waals surface area contributed by atoms with Crippen molar-refractivity contribution in [3.8, 4) is 5.75 Å². The van der Waals surface area contributed by atoms with Crippen LogP contribution in [-0.2, 0) is 21.4 Å². The Hall–Kier alpha value is -3.18. The normalized spacial score (nSPS) is 22.8. The zero-order valence-corrected chi connectivity index (χ0v) is 20.6. The highest BCUT2D eigenvalue weighted by Gasteiger charge is 2.45. The zero-order chi connectivity index (χ0) is 25.6. The number of nitrogens with one attached hydrogen (secondary N) is 2. The van der Waals surface area contributed by atoms with E-state index in [2.05, 4.69) is 10.0 Å². The molecule has 192 valence electrons. The molecular formula is C25H28FN3O6S. The molecule has 3 aliphatic rings. The number of sulfonamides is 1. The van der Waals surface area contributed by atoms with Gasteiger partial charge in [0.05, 0.1) is 23.2 Å². The Morgan fingerprint density at radius 1 is 1.25 bits per heavy atom. The lowest BCUT2D eigenvalue weighted by Crippen LogP contribution is -2.43. The SMILES string of the molecule is CCN1CCC[C@@H]1C(=O)NCc1cc(F)ccc1S(=O)(=O)Nc1ccc2c(c1C(=O)O)OC[C@@H]1C[C@H]21. The fourth-order valence-electron chi connectivity index (χ4n) is 5.30. The van der Waals surface area contributed by atoms with Gasteiger partial charge in [0.15, 0.2) is 0 Å². The number of benzene rings is 2. The van der Waals surface area contributed by atoms with Crippen LogP contribution >= 0.6 is 0 Å². The molecule has 2 aliphatic heterocycles. The molecule has 0 spiro atoms. The maximum absolute atomic E-state index is 14.1. The first-order chi connectivity index (χ1) is 17.2. The summed E-state index contributed by atoms with van der Waals surface area (Å²) in [5.74, 6) is -1.42. The number of likely N-dealkylation sites (tertiary alicyclic amines) is 1. The van der Waals surface area contributed by atoms with E-state index in [-0.39, 0.29) is 51.9 Å². The monoisotopic (exact) mass is 517 g/mol. The highest BCUT2D eigenvalue weighted by atomic mass is 32.2. The lowest BCUT2D eigenvalue weighted by Gasteiger charge is -2.22. The van der Waals surface area contributed by atoms with Crippen molar-refractivity contribution < 1.29 is 32.2 Å². The van der Waals surface area contributed by atoms with Crippen molar-refractivity contribution in [3.63, 3.8) is 0 Å². The Bertz CT molecular complexity index is 1330. The molecule has 0 aromatic heterocycles. The van der Waals surface area contributed by atoms with E-state index in [0.717, 1.165) is 49.7 Å². The number of ether oxygens (including phenoxy) is 1. The molecule has 0 radical (unpaired) electrons. The smallest absolute Gasteiger partial charge is 0.341 e. The molecule has 0 bridgehead atoms. The highest BCUT2D eigenvalue weighted by molar-refractivity contribution is 7.92. The van der Waals surface area contributed by atoms with Gasteiger partial charge < -0.3 is 15.2 Å². The fourth-order valence-corrected chi connectivity index (χ4v) is 6.59. The third-order valence-corrected chi connectivity index (χ3v) is 8.71. The number of fused-ring (bicyclic) bond motifs is 3. The topological polar surface area (TPSA) is 125 Å². The molecule has 1 amide bonds. The largest absolute Gasteiger partial charge is 0.492 e. The first-order valence-corrected chi connectivity index (χ1v) is 13.5. The van der Waals surface area contributed by atoms with Gasteiger partial charge in [-0.3, -0.25) is 14.4 Å². The summed E-state index contributed by atoms with van der Waals surface area (Å²) in [6.45, 7) is 3.71. The number of carbonyl (C=O) groups is 2. The summed E-state index contributed by atoms with van der Waals surface area (Å²) in [7, 11) is -4.33. The minimum atomic E-state index is -4.33. The number of carboxylic acids is 1. The predicted molar refractivity (Wildman–Crippen MR) is 129 cm³/mol. The first kappa shape index (κ1) is 24.5. The maximum Gasteiger partial charge on any atom is 0.341 e. The van der Waals surface area contributed by atoms with Crippen molar-refractivity contribution >= 4 is 27.6 Å². The van der Waals surface area contributed by atoms with E-state index in [4.69, 9.17) is 4.74 Å². The van der Waals surface area contributed by atoms with E-state index in [1.807, 2.05) is 11.8 Å². The summed E-state index contributed by atoms with van der Waals surface area (Å²) in [4.78, 5) is 26.6. The molecule has 1 aliphatic carbocycles. The number of rotatable bonds is 8. The lowest BCUT2D eigenvalue weighted by atomic mass is 10.0. The molecule has 3 atom stereocenters. The number of hydrogen-bond acceptors (Lipinski definition) is 6. The van der Waals surface area contributed by atoms with Crippen LogP contribution in [0.15, 0.2) is 35.2 Å². The summed E-state index contributed by atoms with van der Waals surface area (Å²) in [6, 6.07) is 5.99. The van der Waals surface area contributed by atoms with Crippen molar-refractivity contribution in [2.45, 2.75) is 49.6 Å². The van der Waals surface area contributed by atoms with Crippen molar-refractivity contribution in [2.75, 3.05) is 24.4 Å². The summed E-state index contributed by atoms with van der Waals surface area (Å²) >= 11 is 0. The number of halogens is 1. The summed E-state index contributed by atoms with van der Waals surface area (Å²) in [5, 5.41) is 12.6. The molecule has 1 saturated heterocycles. The van der Waals surface area contributed by atoms with E-state index in [1.165, 1.54) is 6.07 Å². The average molecular weight is 518 g/mol. The molecule has 2 aromatic carbocycles. The van der Waals surface area contributed by atoms with Gasteiger partial charge in [-0.1, -0.05) is 13.0 Å². The van der Waals surface area contributed by atoms with Crippen molar-refractivity contribution in [2.24, 2.45) is 5.92 Å². The second-order valence-electron chi connectivity index (χ2n) is 9.49. The quantitative estimate of drug-likeness (QED) is 0.492. The Balaban J connectivity index is 1.41. The molecule has 5 rings (SSSR count). The van der Waals surface area contributed by atoms with Gasteiger partial charge in [-0.15, -0.1) is 0 Å². The van der Waals surface area contributed by atoms with Gasteiger partial charge in [0, 0.05) is 12.5 Å². The molecule has 11 heteroatoms. The number of amides is 1. The van der Waals surface area contributed by atoms with Crippen LogP contribution in [0.25, 0.3) is 0 Å². The van der Waals surface area contributed by atoms with Crippen LogP contribution in [0.4, 0.5) is 10.1 Å². The number of likely N-dealkylation sites (N-methyl/N-ethyl adjacent to an activating group) is 1. The number of anilines is 1. The lowest BCUT2D eigenvalue weighted by molar-refractivity contribution is -0.125. The molecule has 2 heterocycles. The van der Waals surface area contributed by atoms with Crippen LogP contribution in [0, 0.1) is 11.7 Å². The number of nitrogens with zero attached hydrogens (tertiary/aromatic N) is 1. The van der Waals surface area contributed by atoms with Gasteiger partial charge in [-0.2, -0.15) is 0 Å². The summed E-state index contributed by atoms with van der Waals surface area (Å²) < 4.78 is 48.8. The van der Waals surface area contributed by atoms with Crippen LogP contribution in [0.3, 0.4) is 0 Å². The van der Waals surface area contributed by atoms with Crippen LogP contribution < -0.4 is 14.8 Å². The summed E-state index contributed by atoms with van der Waals surface area (Å²) in [5.41, 5.74) is 0.442. The van der Waals surface area contributed by atoms with Gasteiger partial charge in [0.1, 0.15) is 17.1 Å². The molecule has 0 unspecified atom stereocenters. The van der Waals surface area contributed by atoms with E-state index >= 15 is 0 Å². The van der Waals surface area contributed by atoms with Crippen molar-refractivity contribution in [1.29, 1.82) is 0 Å². The van der Waals surface area contributed by atoms with Crippen LogP contribution in [-0.4, -0.2) is 56.0 Å². The number of aromatic carboxylic acids is 1. The molecule has 3 N–H and O–H groups in total. The minimum absolute atomic E-state index is 0.0591. The minimum Gasteiger partial charge on any atom is -0.492 e. The number of carbonyl (C=O) groups excluding carboxylic acids is 1. The first-order valence-electron chi connectivity index (χ1n) is 12.1. The summed E-state index contributed by atoms with van der Waals surface area (Å²) in [6.07, 6.45) is 2.52. The van der Waals surface area contributed by atoms with Gasteiger partial charge in [0.25, 0.3) is 10.0 Å². The van der Waals surface area contributed by atoms with Crippen molar-refractivity contribution in [1.82, 2.24) is 10.2 Å². The zero-order valence-electron chi connectivity index (χ0n) is 19.8. The average Bonchev–Trinajstić information content (AvgIpc) is 3.48. The number of carboxylic acid groups (broad SMARTS) is 1. The van der Waals surface area contributed by atoms with Gasteiger partial charge in [0.2, 0.25) is 5.91 Å². The van der Waals surface area contributed by atoms with Gasteiger partial charge in [-0.05, 0) is 73.7 Å². The predicted octanol–water partition coefficient (Wildman–Crippen LogP) is 2.92. The standard InChI is InChI=1S/C25H28FN3O6S/c1-2-29-9-3-4-20(29)24(30)27-12-14-10-16(26)5-8-21(14)36(33,34)28-19-7-6-17-18-11-15(18)13-35-23(17)22(19)25(31)32/h5-8,10,15,18,20,28H,2-4,9,11-13H2,1H3,(H,27,30)(H,31,32)/t15-,18-,20+/m0/s1. The molecule has 36 heavy (non-hydrogen) atoms. The maximum atomic E-state index is 14.1. The molecule has 2 aromatic rings. The molecule has 2 fully saturated rings. The fraction of sp³-hybridized carbons (Fsp3) is 0.440. The van der Waals surface area contributed by atoms with Crippen LogP contribution in [0.1, 0.15) is 53.6 Å². The third kappa shape index (κ3) is 4.53. The van der Waals surface area contributed by atoms with Gasteiger partial charge in [-0.25, -0.2) is 17.6 Å². The van der Waals surface area contributed by atoms with E-state index in [1.54, 1.807) is 6.07 Å². The molecular weight excluding hydrogens is 489 g/mol. The Kier molecular flexibility index (Phi) is 6.37. The van der Waals surface area contributed by atoms with E-state index < -0.39 is 21.8 Å².